The van der Waals surface area contributed by atoms with E-state index in [2.05, 4.69) is 42.4 Å². The van der Waals surface area contributed by atoms with Crippen molar-refractivity contribution in [3.63, 3.8) is 0 Å². The van der Waals surface area contributed by atoms with Crippen LogP contribution in [0.25, 0.3) is 0 Å². The molecule has 0 radical (unpaired) electrons. The Morgan fingerprint density at radius 1 is 1.33 bits per heavy atom. The predicted octanol–water partition coefficient (Wildman–Crippen LogP) is 4.05. The van der Waals surface area contributed by atoms with Crippen molar-refractivity contribution in [3.05, 3.63) is 34.3 Å². The number of carbonyl (C=O) groups is 2. The van der Waals surface area contributed by atoms with Crippen LogP contribution in [0.2, 0.25) is 0 Å². The van der Waals surface area contributed by atoms with Crippen LogP contribution in [0, 0.1) is 19.8 Å². The third-order valence-electron chi connectivity index (χ3n) is 5.12. The Bertz CT molecular complexity index is 848. The molecule has 3 rings (SSSR count). The molecule has 0 aliphatic carbocycles. The molecule has 7 heteroatoms. The third kappa shape index (κ3) is 4.35. The molecule has 0 saturated carbocycles. The van der Waals surface area contributed by atoms with Crippen LogP contribution in [0.5, 0.6) is 0 Å². The van der Waals surface area contributed by atoms with Crippen LogP contribution < -0.4 is 10.2 Å². The second-order valence-corrected chi connectivity index (χ2v) is 8.31. The number of aryl methyl sites for hydroxylation is 2. The van der Waals surface area contributed by atoms with Gasteiger partial charge in [0.15, 0.2) is 0 Å². The standard InChI is InChI=1S/C20H26N4O2S/c1-5-6-13(3)18(26)21-20-23-22-19(27-20)15-10-17(25)24(11-15)16-8-7-12(2)14(4)9-16/h7-9,13,15H,5-6,10-11H2,1-4H3,(H,21,23,26). The number of hydrogen-bond donors (Lipinski definition) is 1. The lowest BCUT2D eigenvalue weighted by molar-refractivity contribution is -0.119. The van der Waals surface area contributed by atoms with E-state index in [1.165, 1.54) is 22.5 Å². The van der Waals surface area contributed by atoms with E-state index in [9.17, 15) is 9.59 Å². The molecule has 2 atom stereocenters. The summed E-state index contributed by atoms with van der Waals surface area (Å²) in [6.07, 6.45) is 2.23. The van der Waals surface area contributed by atoms with Crippen molar-refractivity contribution >= 4 is 34.0 Å². The maximum Gasteiger partial charge on any atom is 0.229 e. The quantitative estimate of drug-likeness (QED) is 0.813. The lowest BCUT2D eigenvalue weighted by atomic mass is 10.1. The second kappa shape index (κ2) is 8.17. The molecule has 1 aromatic carbocycles. The molecule has 27 heavy (non-hydrogen) atoms. The number of carbonyl (C=O) groups excluding carboxylic acids is 2. The fourth-order valence-electron chi connectivity index (χ4n) is 3.26. The van der Waals surface area contributed by atoms with E-state index < -0.39 is 0 Å². The molecule has 144 valence electrons. The summed E-state index contributed by atoms with van der Waals surface area (Å²) in [5.41, 5.74) is 3.31. The molecule has 1 aliphatic heterocycles. The van der Waals surface area contributed by atoms with Crippen LogP contribution in [0.15, 0.2) is 18.2 Å². The van der Waals surface area contributed by atoms with Crippen molar-refractivity contribution in [2.45, 2.75) is 52.9 Å². The lowest BCUT2D eigenvalue weighted by Gasteiger charge is -2.17. The highest BCUT2D eigenvalue weighted by atomic mass is 32.1. The van der Waals surface area contributed by atoms with Gasteiger partial charge in [-0.1, -0.05) is 37.7 Å². The first-order chi connectivity index (χ1) is 12.9. The Labute approximate surface area is 164 Å². The maximum absolute atomic E-state index is 12.5. The van der Waals surface area contributed by atoms with Gasteiger partial charge in [0.2, 0.25) is 16.9 Å². The number of benzene rings is 1. The summed E-state index contributed by atoms with van der Waals surface area (Å²) in [7, 11) is 0. The average Bonchev–Trinajstić information content (AvgIpc) is 3.24. The molecular formula is C20H26N4O2S. The zero-order valence-electron chi connectivity index (χ0n) is 16.3. The van der Waals surface area contributed by atoms with Crippen LogP contribution in [-0.4, -0.2) is 28.6 Å². The number of nitrogens with one attached hydrogen (secondary N) is 1. The Morgan fingerprint density at radius 2 is 2.11 bits per heavy atom. The van der Waals surface area contributed by atoms with E-state index in [-0.39, 0.29) is 23.7 Å². The first-order valence-corrected chi connectivity index (χ1v) is 10.2. The number of nitrogens with zero attached hydrogens (tertiary/aromatic N) is 3. The average molecular weight is 387 g/mol. The van der Waals surface area contributed by atoms with Crippen LogP contribution in [0.1, 0.15) is 55.2 Å². The van der Waals surface area contributed by atoms with Gasteiger partial charge in [-0.2, -0.15) is 0 Å². The van der Waals surface area contributed by atoms with Gasteiger partial charge in [0, 0.05) is 30.5 Å². The molecule has 1 aliphatic rings. The summed E-state index contributed by atoms with van der Waals surface area (Å²) in [5.74, 6) is 0.0328. The minimum absolute atomic E-state index is 0.00956. The van der Waals surface area contributed by atoms with Crippen molar-refractivity contribution < 1.29 is 9.59 Å². The number of hydrogen-bond acceptors (Lipinski definition) is 5. The second-order valence-electron chi connectivity index (χ2n) is 7.30. The minimum atomic E-state index is -0.0457. The summed E-state index contributed by atoms with van der Waals surface area (Å²) >= 11 is 1.37. The summed E-state index contributed by atoms with van der Waals surface area (Å²) in [4.78, 5) is 26.5. The molecule has 1 aromatic heterocycles. The maximum atomic E-state index is 12.5. The molecule has 1 saturated heterocycles. The highest BCUT2D eigenvalue weighted by Gasteiger charge is 2.34. The SMILES string of the molecule is CCCC(C)C(=O)Nc1nnc(C2CC(=O)N(c3ccc(C)c(C)c3)C2)s1. The van der Waals surface area contributed by atoms with E-state index in [0.717, 1.165) is 23.5 Å². The zero-order valence-corrected chi connectivity index (χ0v) is 17.1. The summed E-state index contributed by atoms with van der Waals surface area (Å²) in [6.45, 7) is 8.68. The van der Waals surface area contributed by atoms with Crippen LogP contribution in [0.4, 0.5) is 10.8 Å². The topological polar surface area (TPSA) is 75.2 Å². The van der Waals surface area contributed by atoms with Crippen molar-refractivity contribution in [3.8, 4) is 0 Å². The zero-order chi connectivity index (χ0) is 19.6. The van der Waals surface area contributed by atoms with Crippen molar-refractivity contribution in [1.82, 2.24) is 10.2 Å². The van der Waals surface area contributed by atoms with Gasteiger partial charge < -0.3 is 10.2 Å². The highest BCUT2D eigenvalue weighted by Crippen LogP contribution is 2.34. The van der Waals surface area contributed by atoms with Gasteiger partial charge in [0.1, 0.15) is 5.01 Å². The minimum Gasteiger partial charge on any atom is -0.312 e. The number of anilines is 2. The fraction of sp³-hybridized carbons (Fsp3) is 0.500. The molecule has 2 unspecified atom stereocenters. The third-order valence-corrected chi connectivity index (χ3v) is 6.12. The molecule has 0 spiro atoms. The Balaban J connectivity index is 1.68. The van der Waals surface area contributed by atoms with E-state index in [1.54, 1.807) is 0 Å². The molecule has 6 nitrogen and oxygen atoms in total. The van der Waals surface area contributed by atoms with E-state index in [0.29, 0.717) is 18.1 Å². The van der Waals surface area contributed by atoms with Crippen molar-refractivity contribution in [2.24, 2.45) is 5.92 Å². The Morgan fingerprint density at radius 3 is 2.81 bits per heavy atom. The van der Waals surface area contributed by atoms with E-state index in [1.807, 2.05) is 24.0 Å². The first kappa shape index (κ1) is 19.5. The van der Waals surface area contributed by atoms with Crippen LogP contribution in [0.3, 0.4) is 0 Å². The predicted molar refractivity (Wildman–Crippen MR) is 108 cm³/mol. The van der Waals surface area contributed by atoms with Gasteiger partial charge in [-0.05, 0) is 43.5 Å². The number of aromatic nitrogens is 2. The lowest BCUT2D eigenvalue weighted by Crippen LogP contribution is -2.24. The Kier molecular flexibility index (Phi) is 5.89. The molecule has 1 fully saturated rings. The van der Waals surface area contributed by atoms with Gasteiger partial charge in [-0.15, -0.1) is 10.2 Å². The fourth-order valence-corrected chi connectivity index (χ4v) is 4.10. The molecule has 0 bridgehead atoms. The van der Waals surface area contributed by atoms with Crippen LogP contribution >= 0.6 is 11.3 Å². The van der Waals surface area contributed by atoms with E-state index >= 15 is 0 Å². The van der Waals surface area contributed by atoms with Gasteiger partial charge in [-0.25, -0.2) is 0 Å². The molecule has 1 N–H and O–H groups in total. The Hall–Kier alpha value is -2.28. The van der Waals surface area contributed by atoms with E-state index in [4.69, 9.17) is 0 Å². The van der Waals surface area contributed by atoms with Crippen LogP contribution in [-0.2, 0) is 9.59 Å². The van der Waals surface area contributed by atoms with Crippen molar-refractivity contribution in [2.75, 3.05) is 16.8 Å². The van der Waals surface area contributed by atoms with Gasteiger partial charge in [0.05, 0.1) is 0 Å². The summed E-state index contributed by atoms with van der Waals surface area (Å²) in [5, 5.41) is 12.5. The molecular weight excluding hydrogens is 360 g/mol. The van der Waals surface area contributed by atoms with Gasteiger partial charge in [-0.3, -0.25) is 9.59 Å². The molecule has 2 aromatic rings. The monoisotopic (exact) mass is 386 g/mol. The largest absolute Gasteiger partial charge is 0.312 e. The molecule has 2 amide bonds. The smallest absolute Gasteiger partial charge is 0.229 e. The van der Waals surface area contributed by atoms with Gasteiger partial charge in [0.25, 0.3) is 0 Å². The summed E-state index contributed by atoms with van der Waals surface area (Å²) < 4.78 is 0. The normalized spacial score (nSPS) is 18.0. The van der Waals surface area contributed by atoms with Gasteiger partial charge >= 0.3 is 0 Å². The number of rotatable bonds is 6. The first-order valence-electron chi connectivity index (χ1n) is 9.41. The highest BCUT2D eigenvalue weighted by molar-refractivity contribution is 7.15. The number of amides is 2. The summed E-state index contributed by atoms with van der Waals surface area (Å²) in [6, 6.07) is 6.08. The van der Waals surface area contributed by atoms with Crippen molar-refractivity contribution in [1.29, 1.82) is 0 Å². The molecule has 2 heterocycles.